The first-order chi connectivity index (χ1) is 7.19. The fourth-order valence-corrected chi connectivity index (χ4v) is 3.25. The van der Waals surface area contributed by atoms with E-state index in [0.717, 1.165) is 0 Å². The maximum absolute atomic E-state index is 3.92. The molecule has 0 bridgehead atoms. The summed E-state index contributed by atoms with van der Waals surface area (Å²) in [5.41, 5.74) is 3.36. The molecule has 1 aliphatic heterocycles. The van der Waals surface area contributed by atoms with E-state index in [-0.39, 0.29) is 0 Å². The molecule has 1 saturated heterocycles. The van der Waals surface area contributed by atoms with Gasteiger partial charge in [0.25, 0.3) is 0 Å². The van der Waals surface area contributed by atoms with Gasteiger partial charge in [0.05, 0.1) is 0 Å². The smallest absolute Gasteiger partial charge is 0.00413 e. The summed E-state index contributed by atoms with van der Waals surface area (Å²) in [7, 11) is 2.24. The van der Waals surface area contributed by atoms with Crippen molar-refractivity contribution in [2.75, 3.05) is 20.1 Å². The molecule has 0 N–H and O–H groups in total. The Morgan fingerprint density at radius 1 is 1.20 bits per heavy atom. The fraction of sp³-hybridized carbons (Fsp3) is 0.571. The van der Waals surface area contributed by atoms with E-state index in [2.05, 4.69) is 25.1 Å². The van der Waals surface area contributed by atoms with E-state index in [0.29, 0.717) is 5.41 Å². The van der Waals surface area contributed by atoms with Crippen LogP contribution in [-0.2, 0) is 0 Å². The number of likely N-dealkylation sites (tertiary alicyclic amines) is 1. The summed E-state index contributed by atoms with van der Waals surface area (Å²) in [6.45, 7) is 10.3. The van der Waals surface area contributed by atoms with E-state index in [1.54, 1.807) is 0 Å². The molecule has 0 saturated carbocycles. The van der Waals surface area contributed by atoms with Gasteiger partial charge in [-0.05, 0) is 55.8 Å². The highest BCUT2D eigenvalue weighted by atomic mass is 15.1. The summed E-state index contributed by atoms with van der Waals surface area (Å²) in [5, 5.41) is 0. The summed E-state index contributed by atoms with van der Waals surface area (Å²) < 4.78 is 0. The molecule has 2 rings (SSSR count). The molecule has 0 atom stereocenters. The van der Waals surface area contributed by atoms with E-state index in [4.69, 9.17) is 0 Å². The van der Waals surface area contributed by atoms with Gasteiger partial charge in [0, 0.05) is 6.54 Å². The molecule has 0 aromatic rings. The minimum atomic E-state index is 0.500. The van der Waals surface area contributed by atoms with Crippen LogP contribution in [0.1, 0.15) is 25.7 Å². The van der Waals surface area contributed by atoms with E-state index < -0.39 is 0 Å². The van der Waals surface area contributed by atoms with Gasteiger partial charge in [-0.25, -0.2) is 0 Å². The van der Waals surface area contributed by atoms with Crippen LogP contribution in [0.15, 0.2) is 36.5 Å². The Hall–Kier alpha value is -0.820. The molecular weight excluding hydrogens is 182 g/mol. The predicted octanol–water partition coefficient (Wildman–Crippen LogP) is 3.16. The highest BCUT2D eigenvalue weighted by Gasteiger charge is 2.39. The lowest BCUT2D eigenvalue weighted by Gasteiger charge is -2.39. The van der Waals surface area contributed by atoms with Crippen LogP contribution >= 0.6 is 0 Å². The largest absolute Gasteiger partial charge is 0.306 e. The highest BCUT2D eigenvalue weighted by Crippen LogP contribution is 2.47. The molecule has 1 spiro atoms. The van der Waals surface area contributed by atoms with Gasteiger partial charge in [-0.1, -0.05) is 25.3 Å². The van der Waals surface area contributed by atoms with Crippen molar-refractivity contribution in [1.82, 2.24) is 4.90 Å². The second-order valence-electron chi connectivity index (χ2n) is 5.15. The number of rotatable bonds is 2. The Labute approximate surface area is 93.2 Å². The molecular formula is C14H21N. The molecule has 0 aromatic heterocycles. The molecule has 0 unspecified atom stereocenters. The van der Waals surface area contributed by atoms with E-state index in [9.17, 15) is 0 Å². The fourth-order valence-electron chi connectivity index (χ4n) is 3.25. The topological polar surface area (TPSA) is 3.24 Å². The summed E-state index contributed by atoms with van der Waals surface area (Å²) in [6, 6.07) is 0. The van der Waals surface area contributed by atoms with E-state index in [1.165, 1.54) is 49.9 Å². The van der Waals surface area contributed by atoms with Gasteiger partial charge >= 0.3 is 0 Å². The maximum Gasteiger partial charge on any atom is 0.00413 e. The predicted molar refractivity (Wildman–Crippen MR) is 65.8 cm³/mol. The van der Waals surface area contributed by atoms with Crippen molar-refractivity contribution in [3.8, 4) is 0 Å². The molecule has 2 aliphatic rings. The first kappa shape index (κ1) is 10.7. The van der Waals surface area contributed by atoms with Crippen LogP contribution < -0.4 is 0 Å². The number of nitrogens with zero attached hydrogens (tertiary/aromatic N) is 1. The third-order valence-corrected chi connectivity index (χ3v) is 3.89. The van der Waals surface area contributed by atoms with E-state index in [1.807, 2.05) is 12.2 Å². The van der Waals surface area contributed by atoms with Gasteiger partial charge in [0.2, 0.25) is 0 Å². The Kier molecular flexibility index (Phi) is 2.83. The molecule has 1 aliphatic carbocycles. The van der Waals surface area contributed by atoms with Gasteiger partial charge < -0.3 is 4.90 Å². The number of allylic oxidation sites excluding steroid dienone is 4. The van der Waals surface area contributed by atoms with Crippen LogP contribution in [0.3, 0.4) is 0 Å². The molecule has 1 fully saturated rings. The van der Waals surface area contributed by atoms with Gasteiger partial charge in [0.1, 0.15) is 0 Å². The average Bonchev–Trinajstić information content (AvgIpc) is 2.56. The lowest BCUT2D eigenvalue weighted by atomic mass is 9.76. The van der Waals surface area contributed by atoms with Crippen LogP contribution in [0.4, 0.5) is 0 Å². The number of hydrogen-bond acceptors (Lipinski definition) is 1. The zero-order valence-corrected chi connectivity index (χ0v) is 9.76. The lowest BCUT2D eigenvalue weighted by Crippen LogP contribution is -2.39. The van der Waals surface area contributed by atoms with Crippen molar-refractivity contribution in [2.24, 2.45) is 5.41 Å². The van der Waals surface area contributed by atoms with Crippen molar-refractivity contribution in [1.29, 1.82) is 0 Å². The zero-order valence-electron chi connectivity index (χ0n) is 9.76. The van der Waals surface area contributed by atoms with Gasteiger partial charge in [-0.15, -0.1) is 0 Å². The Bertz CT molecular complexity index is 291. The molecule has 1 nitrogen and oxygen atoms in total. The highest BCUT2D eigenvalue weighted by molar-refractivity contribution is 5.38. The summed E-state index contributed by atoms with van der Waals surface area (Å²) >= 11 is 0. The first-order valence-corrected chi connectivity index (χ1v) is 5.84. The van der Waals surface area contributed by atoms with Crippen molar-refractivity contribution in [2.45, 2.75) is 25.7 Å². The van der Waals surface area contributed by atoms with Crippen molar-refractivity contribution in [3.05, 3.63) is 36.5 Å². The standard InChI is InChI=1S/C14H21N/c1-4-12-9-14(10-13(12)5-2)7-6-8-15(3)11-14/h4-5H,1-2,6-11H2,3H3. The van der Waals surface area contributed by atoms with Crippen LogP contribution in [0.2, 0.25) is 0 Å². The molecule has 15 heavy (non-hydrogen) atoms. The first-order valence-electron chi connectivity index (χ1n) is 5.84. The number of piperidine rings is 1. The molecule has 1 heteroatoms. The van der Waals surface area contributed by atoms with Crippen LogP contribution in [-0.4, -0.2) is 25.0 Å². The Balaban J connectivity index is 2.16. The maximum atomic E-state index is 3.92. The third kappa shape index (κ3) is 1.93. The monoisotopic (exact) mass is 203 g/mol. The quantitative estimate of drug-likeness (QED) is 0.666. The molecule has 82 valence electrons. The Morgan fingerprint density at radius 2 is 1.80 bits per heavy atom. The van der Waals surface area contributed by atoms with Gasteiger partial charge in [0.15, 0.2) is 0 Å². The van der Waals surface area contributed by atoms with Crippen LogP contribution in [0, 0.1) is 5.41 Å². The van der Waals surface area contributed by atoms with Crippen LogP contribution in [0.5, 0.6) is 0 Å². The van der Waals surface area contributed by atoms with Crippen molar-refractivity contribution >= 4 is 0 Å². The zero-order chi connectivity index (χ0) is 10.9. The van der Waals surface area contributed by atoms with Crippen LogP contribution in [0.25, 0.3) is 0 Å². The second kappa shape index (κ2) is 3.97. The normalized spacial score (nSPS) is 25.9. The summed E-state index contributed by atoms with van der Waals surface area (Å²) in [6.07, 6.45) is 9.18. The summed E-state index contributed by atoms with van der Waals surface area (Å²) in [5.74, 6) is 0. The lowest BCUT2D eigenvalue weighted by molar-refractivity contribution is 0.118. The second-order valence-corrected chi connectivity index (χ2v) is 5.15. The molecule has 0 aromatic carbocycles. The number of hydrogen-bond donors (Lipinski definition) is 0. The molecule has 1 heterocycles. The average molecular weight is 203 g/mol. The summed E-state index contributed by atoms with van der Waals surface area (Å²) in [4.78, 5) is 2.47. The Morgan fingerprint density at radius 3 is 2.27 bits per heavy atom. The minimum absolute atomic E-state index is 0.500. The van der Waals surface area contributed by atoms with Crippen molar-refractivity contribution < 1.29 is 0 Å². The minimum Gasteiger partial charge on any atom is -0.306 e. The SMILES string of the molecule is C=CC1=C(C=C)CC2(CCCN(C)C2)C1. The van der Waals surface area contributed by atoms with E-state index >= 15 is 0 Å². The molecule has 0 radical (unpaired) electrons. The van der Waals surface area contributed by atoms with Gasteiger partial charge in [-0.2, -0.15) is 0 Å². The molecule has 0 amide bonds. The third-order valence-electron chi connectivity index (χ3n) is 3.89. The van der Waals surface area contributed by atoms with Crippen molar-refractivity contribution in [3.63, 3.8) is 0 Å². The van der Waals surface area contributed by atoms with Gasteiger partial charge in [-0.3, -0.25) is 0 Å².